The molecule has 2 heterocycles. The van der Waals surface area contributed by atoms with E-state index < -0.39 is 0 Å². The highest BCUT2D eigenvalue weighted by Crippen LogP contribution is 2.29. The summed E-state index contributed by atoms with van der Waals surface area (Å²) >= 11 is 3.16. The third kappa shape index (κ3) is 3.69. The third-order valence-corrected chi connectivity index (χ3v) is 6.40. The van der Waals surface area contributed by atoms with Crippen molar-refractivity contribution in [2.75, 3.05) is 0 Å². The molecule has 134 valence electrons. The second-order valence-electron chi connectivity index (χ2n) is 6.76. The van der Waals surface area contributed by atoms with Crippen LogP contribution in [0.4, 0.5) is 0 Å². The molecule has 0 N–H and O–H groups in total. The molecule has 0 saturated carbocycles. The Bertz CT molecular complexity index is 1040. The molecule has 0 bridgehead atoms. The summed E-state index contributed by atoms with van der Waals surface area (Å²) in [6.45, 7) is 8.92. The molecule has 4 nitrogen and oxygen atoms in total. The summed E-state index contributed by atoms with van der Waals surface area (Å²) in [5.41, 5.74) is 2.87. The van der Waals surface area contributed by atoms with Crippen molar-refractivity contribution < 1.29 is 0 Å². The summed E-state index contributed by atoms with van der Waals surface area (Å²) in [4.78, 5) is 19.9. The lowest BCUT2D eigenvalue weighted by atomic mass is 10.2. The maximum atomic E-state index is 13.1. The lowest BCUT2D eigenvalue weighted by molar-refractivity contribution is 0.475. The van der Waals surface area contributed by atoms with E-state index in [1.807, 2.05) is 42.7 Å². The predicted octanol–water partition coefficient (Wildman–Crippen LogP) is 4.89. The Kier molecular flexibility index (Phi) is 5.49. The van der Waals surface area contributed by atoms with E-state index in [9.17, 15) is 4.79 Å². The van der Waals surface area contributed by atoms with Gasteiger partial charge in [0.1, 0.15) is 4.83 Å². The second kappa shape index (κ2) is 7.65. The van der Waals surface area contributed by atoms with Gasteiger partial charge in [-0.05, 0) is 43.0 Å². The Hall–Kier alpha value is -2.10. The van der Waals surface area contributed by atoms with Crippen LogP contribution in [-0.2, 0) is 12.3 Å². The Morgan fingerprint density at radius 3 is 2.58 bits per heavy atom. The maximum Gasteiger partial charge on any atom is 0.263 e. The molecule has 3 rings (SSSR count). The smallest absolute Gasteiger partial charge is 0.263 e. The number of nitriles is 1. The van der Waals surface area contributed by atoms with E-state index in [-0.39, 0.29) is 5.56 Å². The number of thiophene rings is 1. The average molecular weight is 384 g/mol. The molecule has 1 aromatic carbocycles. The highest BCUT2D eigenvalue weighted by Gasteiger charge is 2.17. The standard InChI is InChI=1S/C20H21N3OS2/c1-12(2)10-23-19(24)17-13(3)14(4)26-18(17)22-20(23)25-11-16-7-5-15(9-21)6-8-16/h5-8,12H,10-11H2,1-4H3. The summed E-state index contributed by atoms with van der Waals surface area (Å²) in [5.74, 6) is 1.08. The maximum absolute atomic E-state index is 13.1. The van der Waals surface area contributed by atoms with Crippen molar-refractivity contribution >= 4 is 33.3 Å². The van der Waals surface area contributed by atoms with Crippen LogP contribution in [0.2, 0.25) is 0 Å². The first-order valence-corrected chi connectivity index (χ1v) is 10.3. The van der Waals surface area contributed by atoms with E-state index in [0.717, 1.165) is 31.4 Å². The minimum absolute atomic E-state index is 0.0629. The molecule has 0 saturated heterocycles. The topological polar surface area (TPSA) is 58.7 Å². The van der Waals surface area contributed by atoms with Gasteiger partial charge in [0, 0.05) is 17.2 Å². The first-order valence-electron chi connectivity index (χ1n) is 8.53. The zero-order valence-electron chi connectivity index (χ0n) is 15.4. The van der Waals surface area contributed by atoms with Gasteiger partial charge in [0.25, 0.3) is 5.56 Å². The Morgan fingerprint density at radius 1 is 1.27 bits per heavy atom. The second-order valence-corrected chi connectivity index (χ2v) is 8.91. The van der Waals surface area contributed by atoms with Gasteiger partial charge < -0.3 is 0 Å². The van der Waals surface area contributed by atoms with E-state index in [4.69, 9.17) is 10.2 Å². The number of hydrogen-bond acceptors (Lipinski definition) is 5. The fourth-order valence-corrected chi connectivity index (χ4v) is 4.80. The van der Waals surface area contributed by atoms with Crippen molar-refractivity contribution in [3.8, 4) is 6.07 Å². The first-order chi connectivity index (χ1) is 12.4. The van der Waals surface area contributed by atoms with Crippen LogP contribution in [0.25, 0.3) is 10.2 Å². The summed E-state index contributed by atoms with van der Waals surface area (Å²) < 4.78 is 1.82. The Labute approximate surface area is 161 Å². The van der Waals surface area contributed by atoms with Gasteiger partial charge in [-0.25, -0.2) is 4.98 Å². The van der Waals surface area contributed by atoms with Gasteiger partial charge in [-0.3, -0.25) is 9.36 Å². The quantitative estimate of drug-likeness (QED) is 0.465. The fraction of sp³-hybridized carbons (Fsp3) is 0.350. The predicted molar refractivity (Wildman–Crippen MR) is 109 cm³/mol. The third-order valence-electron chi connectivity index (χ3n) is 4.25. The van der Waals surface area contributed by atoms with Crippen LogP contribution in [0, 0.1) is 31.1 Å². The van der Waals surface area contributed by atoms with Crippen molar-refractivity contribution in [3.63, 3.8) is 0 Å². The molecule has 0 unspecified atom stereocenters. The summed E-state index contributed by atoms with van der Waals surface area (Å²) in [6.07, 6.45) is 0. The molecule has 0 spiro atoms. The van der Waals surface area contributed by atoms with Crippen molar-refractivity contribution in [1.29, 1.82) is 5.26 Å². The SMILES string of the molecule is Cc1sc2nc(SCc3ccc(C#N)cc3)n(CC(C)C)c(=O)c2c1C. The number of aryl methyl sites for hydroxylation is 2. The molecule has 0 atom stereocenters. The van der Waals surface area contributed by atoms with Crippen molar-refractivity contribution in [1.82, 2.24) is 9.55 Å². The van der Waals surface area contributed by atoms with Gasteiger partial charge in [-0.2, -0.15) is 5.26 Å². The summed E-state index contributed by atoms with van der Waals surface area (Å²) in [5, 5.41) is 10.4. The molecule has 2 aromatic heterocycles. The van der Waals surface area contributed by atoms with E-state index in [2.05, 4.69) is 19.9 Å². The highest BCUT2D eigenvalue weighted by molar-refractivity contribution is 7.98. The molecule has 0 aliphatic carbocycles. The van der Waals surface area contributed by atoms with E-state index in [1.165, 1.54) is 0 Å². The van der Waals surface area contributed by atoms with Crippen LogP contribution in [0.5, 0.6) is 0 Å². The van der Waals surface area contributed by atoms with Crippen molar-refractivity contribution in [3.05, 3.63) is 56.2 Å². The number of nitrogens with zero attached hydrogens (tertiary/aromatic N) is 3. The number of fused-ring (bicyclic) bond motifs is 1. The zero-order chi connectivity index (χ0) is 18.8. The van der Waals surface area contributed by atoms with Crippen molar-refractivity contribution in [2.24, 2.45) is 5.92 Å². The molecule has 0 radical (unpaired) electrons. The number of aromatic nitrogens is 2. The van der Waals surface area contributed by atoms with E-state index in [1.54, 1.807) is 23.1 Å². The van der Waals surface area contributed by atoms with E-state index in [0.29, 0.717) is 23.8 Å². The van der Waals surface area contributed by atoms with Gasteiger partial charge in [0.2, 0.25) is 0 Å². The molecule has 0 amide bonds. The molecular weight excluding hydrogens is 362 g/mol. The van der Waals surface area contributed by atoms with Gasteiger partial charge in [0.05, 0.1) is 17.0 Å². The van der Waals surface area contributed by atoms with Crippen LogP contribution in [0.3, 0.4) is 0 Å². The average Bonchev–Trinajstić information content (AvgIpc) is 2.90. The molecule has 0 aliphatic heterocycles. The lowest BCUT2D eigenvalue weighted by Gasteiger charge is -2.14. The van der Waals surface area contributed by atoms with Crippen LogP contribution >= 0.6 is 23.1 Å². The minimum atomic E-state index is 0.0629. The highest BCUT2D eigenvalue weighted by atomic mass is 32.2. The van der Waals surface area contributed by atoms with Gasteiger partial charge in [-0.1, -0.05) is 37.7 Å². The van der Waals surface area contributed by atoms with Crippen LogP contribution in [0.15, 0.2) is 34.2 Å². The molecule has 3 aromatic rings. The molecule has 26 heavy (non-hydrogen) atoms. The number of benzene rings is 1. The number of thioether (sulfide) groups is 1. The number of hydrogen-bond donors (Lipinski definition) is 0. The normalized spacial score (nSPS) is 11.2. The monoisotopic (exact) mass is 383 g/mol. The largest absolute Gasteiger partial charge is 0.287 e. The number of rotatable bonds is 5. The van der Waals surface area contributed by atoms with Crippen molar-refractivity contribution in [2.45, 2.75) is 45.1 Å². The summed E-state index contributed by atoms with van der Waals surface area (Å²) in [7, 11) is 0. The molecular formula is C20H21N3OS2. The first kappa shape index (κ1) is 18.7. The fourth-order valence-electron chi connectivity index (χ4n) is 2.77. The van der Waals surface area contributed by atoms with Gasteiger partial charge in [-0.15, -0.1) is 11.3 Å². The zero-order valence-corrected chi connectivity index (χ0v) is 17.0. The van der Waals surface area contributed by atoms with Crippen LogP contribution in [-0.4, -0.2) is 9.55 Å². The van der Waals surface area contributed by atoms with Crippen LogP contribution in [0.1, 0.15) is 35.4 Å². The molecule has 6 heteroatoms. The minimum Gasteiger partial charge on any atom is -0.287 e. The summed E-state index contributed by atoms with van der Waals surface area (Å²) in [6, 6.07) is 9.67. The Balaban J connectivity index is 2.00. The van der Waals surface area contributed by atoms with Crippen LogP contribution < -0.4 is 5.56 Å². The van der Waals surface area contributed by atoms with Gasteiger partial charge in [0.15, 0.2) is 5.16 Å². The lowest BCUT2D eigenvalue weighted by Crippen LogP contribution is -2.25. The van der Waals surface area contributed by atoms with Gasteiger partial charge >= 0.3 is 0 Å². The van der Waals surface area contributed by atoms with E-state index >= 15 is 0 Å². The Morgan fingerprint density at radius 2 is 1.96 bits per heavy atom. The molecule has 0 fully saturated rings. The molecule has 0 aliphatic rings.